The van der Waals surface area contributed by atoms with Crippen molar-refractivity contribution in [3.05, 3.63) is 60.7 Å². The van der Waals surface area contributed by atoms with Gasteiger partial charge in [0.05, 0.1) is 40.8 Å². The highest BCUT2D eigenvalue weighted by molar-refractivity contribution is 5.88. The molecule has 0 radical (unpaired) electrons. The predicted molar refractivity (Wildman–Crippen MR) is 146 cm³/mol. The molecule has 37 heavy (non-hydrogen) atoms. The summed E-state index contributed by atoms with van der Waals surface area (Å²) < 4.78 is 0. The zero-order valence-electron chi connectivity index (χ0n) is 21.2. The molecule has 3 aromatic heterocycles. The molecule has 4 aromatic rings. The normalized spacial score (nSPS) is 17.3. The van der Waals surface area contributed by atoms with Gasteiger partial charge in [0.1, 0.15) is 0 Å². The highest BCUT2D eigenvalue weighted by Crippen LogP contribution is 2.31. The molecule has 1 amide bonds. The van der Waals surface area contributed by atoms with E-state index in [1.165, 1.54) is 0 Å². The van der Waals surface area contributed by atoms with Crippen molar-refractivity contribution in [2.24, 2.45) is 5.92 Å². The number of hydrogen-bond donors (Lipinski definition) is 3. The highest BCUT2D eigenvalue weighted by atomic mass is 16.1. The van der Waals surface area contributed by atoms with Gasteiger partial charge in [0, 0.05) is 41.7 Å². The van der Waals surface area contributed by atoms with Gasteiger partial charge in [-0.05, 0) is 76.0 Å². The molecule has 0 saturated carbocycles. The summed E-state index contributed by atoms with van der Waals surface area (Å²) in [5.74, 6) is 0.397. The van der Waals surface area contributed by atoms with Gasteiger partial charge in [0.15, 0.2) is 0 Å². The Morgan fingerprint density at radius 1 is 1.03 bits per heavy atom. The minimum atomic E-state index is 0.162. The Bertz CT molecular complexity index is 1400. The van der Waals surface area contributed by atoms with Gasteiger partial charge in [0.2, 0.25) is 5.91 Å². The third-order valence-corrected chi connectivity index (χ3v) is 7.64. The minimum Gasteiger partial charge on any atom is -0.370 e. The summed E-state index contributed by atoms with van der Waals surface area (Å²) in [6.45, 7) is 5.70. The lowest BCUT2D eigenvalue weighted by molar-refractivity contribution is -0.126. The van der Waals surface area contributed by atoms with Crippen molar-refractivity contribution in [1.29, 1.82) is 0 Å². The molecule has 0 bridgehead atoms. The van der Waals surface area contributed by atoms with E-state index in [1.807, 2.05) is 31.3 Å². The van der Waals surface area contributed by atoms with E-state index in [9.17, 15) is 4.79 Å². The number of hydrogen-bond acceptors (Lipinski definition) is 6. The van der Waals surface area contributed by atoms with Crippen LogP contribution in [0.1, 0.15) is 31.4 Å². The van der Waals surface area contributed by atoms with E-state index < -0.39 is 0 Å². The number of aromatic nitrogens is 4. The second kappa shape index (κ2) is 10.3. The molecule has 2 fully saturated rings. The zero-order chi connectivity index (χ0) is 25.2. The van der Waals surface area contributed by atoms with Crippen LogP contribution in [0, 0.1) is 12.8 Å². The number of rotatable bonds is 5. The molecule has 5 heterocycles. The molecule has 2 aliphatic heterocycles. The second-order valence-corrected chi connectivity index (χ2v) is 10.2. The Kier molecular flexibility index (Phi) is 6.57. The number of anilines is 1. The molecular weight excluding hydrogens is 462 g/mol. The number of benzene rings is 1. The number of imidazole rings is 1. The molecule has 6 rings (SSSR count). The van der Waals surface area contributed by atoms with Crippen molar-refractivity contribution in [3.8, 4) is 22.6 Å². The first-order valence-electron chi connectivity index (χ1n) is 13.3. The lowest BCUT2D eigenvalue weighted by atomic mass is 9.96. The van der Waals surface area contributed by atoms with E-state index in [0.717, 1.165) is 96.8 Å². The van der Waals surface area contributed by atoms with Crippen molar-refractivity contribution in [1.82, 2.24) is 30.6 Å². The molecule has 3 N–H and O–H groups in total. The number of carbonyl (C=O) groups is 1. The fourth-order valence-electron chi connectivity index (χ4n) is 5.52. The molecule has 2 saturated heterocycles. The maximum absolute atomic E-state index is 12.7. The molecule has 0 spiro atoms. The average molecular weight is 496 g/mol. The van der Waals surface area contributed by atoms with Crippen LogP contribution in [-0.4, -0.2) is 58.1 Å². The number of carbonyl (C=O) groups excluding carboxylic acids is 1. The smallest absolute Gasteiger partial charge is 0.223 e. The number of amides is 1. The van der Waals surface area contributed by atoms with Gasteiger partial charge in [0.25, 0.3) is 0 Å². The fourth-order valence-corrected chi connectivity index (χ4v) is 5.52. The Balaban J connectivity index is 1.17. The van der Waals surface area contributed by atoms with Crippen LogP contribution < -0.4 is 15.5 Å². The summed E-state index contributed by atoms with van der Waals surface area (Å²) in [6.07, 6.45) is 7.48. The Labute approximate surface area is 216 Å². The fraction of sp³-hybridized carbons (Fsp3) is 0.379. The quantitative estimate of drug-likeness (QED) is 0.386. The summed E-state index contributed by atoms with van der Waals surface area (Å²) in [7, 11) is 0. The van der Waals surface area contributed by atoms with E-state index in [4.69, 9.17) is 4.98 Å². The van der Waals surface area contributed by atoms with Crippen LogP contribution in [0.15, 0.2) is 55.0 Å². The first kappa shape index (κ1) is 23.6. The van der Waals surface area contributed by atoms with E-state index in [0.29, 0.717) is 0 Å². The summed E-state index contributed by atoms with van der Waals surface area (Å²) in [5.41, 5.74) is 6.77. The zero-order valence-corrected chi connectivity index (χ0v) is 21.2. The van der Waals surface area contributed by atoms with Crippen LogP contribution >= 0.6 is 0 Å². The van der Waals surface area contributed by atoms with Crippen molar-refractivity contribution in [2.75, 3.05) is 31.1 Å². The van der Waals surface area contributed by atoms with Gasteiger partial charge >= 0.3 is 0 Å². The number of H-pyrrole nitrogens is 1. The summed E-state index contributed by atoms with van der Waals surface area (Å²) in [5, 5.41) is 7.73. The van der Waals surface area contributed by atoms with E-state index >= 15 is 0 Å². The first-order valence-corrected chi connectivity index (χ1v) is 13.3. The topological polar surface area (TPSA) is 98.8 Å². The Morgan fingerprint density at radius 3 is 2.68 bits per heavy atom. The second-order valence-electron chi connectivity index (χ2n) is 10.2. The van der Waals surface area contributed by atoms with Gasteiger partial charge in [-0.2, -0.15) is 0 Å². The first-order chi connectivity index (χ1) is 18.1. The third kappa shape index (κ3) is 5.06. The lowest BCUT2D eigenvalue weighted by Crippen LogP contribution is -2.47. The molecule has 2 aliphatic rings. The SMILES string of the molecule is Cc1cccc(-c2[nH]cnc2-c2ccc3ncc(N4CCC(NC(=O)C5CCNCC5)CC4)cc3c2)n1. The van der Waals surface area contributed by atoms with Gasteiger partial charge < -0.3 is 20.5 Å². The predicted octanol–water partition coefficient (Wildman–Crippen LogP) is 4.08. The molecule has 8 heteroatoms. The van der Waals surface area contributed by atoms with Crippen molar-refractivity contribution in [2.45, 2.75) is 38.6 Å². The molecule has 8 nitrogen and oxygen atoms in total. The van der Waals surface area contributed by atoms with Gasteiger partial charge in [-0.15, -0.1) is 0 Å². The monoisotopic (exact) mass is 495 g/mol. The largest absolute Gasteiger partial charge is 0.370 e. The Morgan fingerprint density at radius 2 is 1.86 bits per heavy atom. The molecule has 1 aromatic carbocycles. The number of nitrogens with one attached hydrogen (secondary N) is 3. The molecule has 0 atom stereocenters. The molecule has 0 aliphatic carbocycles. The van der Waals surface area contributed by atoms with Crippen molar-refractivity contribution >= 4 is 22.5 Å². The van der Waals surface area contributed by atoms with Crippen molar-refractivity contribution in [3.63, 3.8) is 0 Å². The van der Waals surface area contributed by atoms with Gasteiger partial charge in [-0.25, -0.2) is 4.98 Å². The highest BCUT2D eigenvalue weighted by Gasteiger charge is 2.26. The van der Waals surface area contributed by atoms with Gasteiger partial charge in [-0.3, -0.25) is 14.8 Å². The van der Waals surface area contributed by atoms with Crippen LogP contribution in [0.5, 0.6) is 0 Å². The molecular formula is C29H33N7O. The van der Waals surface area contributed by atoms with Crippen LogP contribution in [0.25, 0.3) is 33.5 Å². The van der Waals surface area contributed by atoms with Crippen molar-refractivity contribution < 1.29 is 4.79 Å². The standard InChI is InChI=1S/C29H33N7O/c1-19-3-2-4-26(34-19)28-27(32-18-33-28)21-5-6-25-22(15-21)16-24(17-31-25)36-13-9-23(10-14-36)35-29(37)20-7-11-30-12-8-20/h2-6,15-18,20,23,30H,7-14H2,1H3,(H,32,33)(H,35,37). The lowest BCUT2D eigenvalue weighted by Gasteiger charge is -2.34. The molecule has 190 valence electrons. The number of aryl methyl sites for hydroxylation is 1. The van der Waals surface area contributed by atoms with E-state index in [2.05, 4.69) is 54.8 Å². The van der Waals surface area contributed by atoms with E-state index in [-0.39, 0.29) is 17.9 Å². The number of fused-ring (bicyclic) bond motifs is 1. The summed E-state index contributed by atoms with van der Waals surface area (Å²) >= 11 is 0. The van der Waals surface area contributed by atoms with Crippen LogP contribution in [0.3, 0.4) is 0 Å². The van der Waals surface area contributed by atoms with Crippen LogP contribution in [-0.2, 0) is 4.79 Å². The minimum absolute atomic E-state index is 0.162. The molecule has 0 unspecified atom stereocenters. The van der Waals surface area contributed by atoms with Gasteiger partial charge in [-0.1, -0.05) is 12.1 Å². The Hall–Kier alpha value is -3.78. The van der Waals surface area contributed by atoms with Crippen LogP contribution in [0.2, 0.25) is 0 Å². The summed E-state index contributed by atoms with van der Waals surface area (Å²) in [4.78, 5) is 32.3. The third-order valence-electron chi connectivity index (χ3n) is 7.64. The maximum atomic E-state index is 12.7. The van der Waals surface area contributed by atoms with Crippen LogP contribution in [0.4, 0.5) is 5.69 Å². The number of nitrogens with zero attached hydrogens (tertiary/aromatic N) is 4. The number of aromatic amines is 1. The number of pyridine rings is 2. The average Bonchev–Trinajstić information content (AvgIpc) is 3.44. The maximum Gasteiger partial charge on any atom is 0.223 e. The summed E-state index contributed by atoms with van der Waals surface area (Å²) in [6, 6.07) is 14.8. The van der Waals surface area contributed by atoms with E-state index in [1.54, 1.807) is 6.33 Å². The number of piperidine rings is 2.